The Morgan fingerprint density at radius 2 is 0.533 bits per heavy atom. The van der Waals surface area contributed by atoms with Gasteiger partial charge in [-0.15, -0.1) is 0 Å². The molecule has 0 radical (unpaired) electrons. The van der Waals surface area contributed by atoms with Crippen LogP contribution in [0.2, 0.25) is 0 Å². The molecule has 0 aromatic heterocycles. The maximum atomic E-state index is 7.25. The summed E-state index contributed by atoms with van der Waals surface area (Å²) in [5.74, 6) is 0. The van der Waals surface area contributed by atoms with Crippen molar-refractivity contribution in [2.75, 3.05) is 0 Å². The Labute approximate surface area is 185 Å². The van der Waals surface area contributed by atoms with Gasteiger partial charge in [-0.25, -0.2) is 0 Å². The molecule has 0 bridgehead atoms. The summed E-state index contributed by atoms with van der Waals surface area (Å²) in [7, 11) is 0. The molecule has 0 fully saturated rings. The predicted molar refractivity (Wildman–Crippen MR) is 31.6 cm³/mol. The molecule has 0 amide bonds. The summed E-state index contributed by atoms with van der Waals surface area (Å²) >= 11 is 0. The summed E-state index contributed by atoms with van der Waals surface area (Å²) in [6.07, 6.45) is 0. The third-order valence-electron chi connectivity index (χ3n) is 0. The first-order valence-electron chi connectivity index (χ1n) is 1.30. The van der Waals surface area contributed by atoms with Crippen LogP contribution in [-0.2, 0) is 17.1 Å². The Balaban J connectivity index is -0.00000000396. The predicted octanol–water partition coefficient (Wildman–Crippen LogP) is -5.19. The van der Waals surface area contributed by atoms with Crippen LogP contribution in [-0.4, -0.2) is 0 Å². The molecule has 0 spiro atoms. The Bertz CT molecular complexity index is 98.9. The van der Waals surface area contributed by atoms with Crippen LogP contribution in [0.25, 0.3) is 5.59 Å². The molecule has 0 N–H and O–H groups in total. The molecule has 15 heavy (non-hydrogen) atoms. The Kier molecular flexibility index (Phi) is 19900. The molecular formula is C5FeK2N6O. The van der Waals surface area contributed by atoms with Crippen LogP contribution in [0.3, 0.4) is 0 Å². The normalized spacial score (nSPS) is 0.933. The smallest absolute Gasteiger partial charge is 0.577 e. The van der Waals surface area contributed by atoms with Crippen molar-refractivity contribution in [3.8, 4) is 0 Å². The molecule has 66 valence electrons. The van der Waals surface area contributed by atoms with Crippen LogP contribution in [0.1, 0.15) is 0 Å². The van der Waals surface area contributed by atoms with E-state index < -0.39 is 0 Å². The average molecular weight is 294 g/mol. The summed E-state index contributed by atoms with van der Waals surface area (Å²) in [5.41, 5.74) is 5.75. The van der Waals surface area contributed by atoms with E-state index in [9.17, 15) is 0 Å². The molecule has 0 unspecified atom stereocenters. The Hall–Kier alpha value is 0.842. The molecule has 0 aliphatic rings. The van der Waals surface area contributed by atoms with Gasteiger partial charge in [0.25, 0.3) is 0 Å². The zero-order valence-electron chi connectivity index (χ0n) is 7.95. The standard InChI is InChI=1S/5CN.Fe.2K.NO/c5*1-2;;;;1-2/q5*-1;+4;2*+1;-1. The van der Waals surface area contributed by atoms with Gasteiger partial charge in [-0.1, -0.05) is 0 Å². The van der Waals surface area contributed by atoms with Crippen molar-refractivity contribution in [2.45, 2.75) is 0 Å². The van der Waals surface area contributed by atoms with Crippen molar-refractivity contribution in [3.63, 3.8) is 0 Å². The van der Waals surface area contributed by atoms with Crippen LogP contribution in [0.4, 0.5) is 0 Å². The van der Waals surface area contributed by atoms with Gasteiger partial charge in [-0.05, 0) is 0 Å². The van der Waals surface area contributed by atoms with Crippen molar-refractivity contribution in [1.29, 1.82) is 26.3 Å². The molecule has 0 aromatic rings. The van der Waals surface area contributed by atoms with Crippen LogP contribution in [0, 0.1) is 64.1 Å². The van der Waals surface area contributed by atoms with Crippen LogP contribution in [0.5, 0.6) is 0 Å². The SMILES string of the molecule is [C-]#N.[C-]#N.[C-]#N.[C-]#N.[C-]#N.[Fe+4].[K+].[K+].[N-]=O. The van der Waals surface area contributed by atoms with Crippen molar-refractivity contribution >= 4 is 0 Å². The molecule has 0 saturated heterocycles. The molecule has 7 nitrogen and oxygen atoms in total. The molecule has 0 aromatic carbocycles. The van der Waals surface area contributed by atoms with Gasteiger partial charge in [0, 0.05) is 0 Å². The Morgan fingerprint density at radius 3 is 0.533 bits per heavy atom. The van der Waals surface area contributed by atoms with Crippen LogP contribution < -0.4 is 103 Å². The van der Waals surface area contributed by atoms with E-state index in [1.165, 1.54) is 0 Å². The molecular weight excluding hydrogens is 294 g/mol. The fourth-order valence-electron chi connectivity index (χ4n) is 0. The fourth-order valence-corrected chi connectivity index (χ4v) is 0. The molecule has 0 aliphatic heterocycles. The second kappa shape index (κ2) is 4010. The summed E-state index contributed by atoms with van der Waals surface area (Å²) in [6.45, 7) is 23.8. The Morgan fingerprint density at radius 1 is 0.533 bits per heavy atom. The van der Waals surface area contributed by atoms with Gasteiger partial charge in [0.05, 0.1) is 0 Å². The van der Waals surface area contributed by atoms with Gasteiger partial charge >= 0.3 is 120 Å². The molecule has 10 heteroatoms. The minimum absolute atomic E-state index is 0. The van der Waals surface area contributed by atoms with E-state index in [0.717, 1.165) is 0 Å². The van der Waals surface area contributed by atoms with E-state index in [2.05, 4.69) is 0 Å². The second-order valence-corrected chi connectivity index (χ2v) is 0. The van der Waals surface area contributed by atoms with E-state index in [1.807, 2.05) is 0 Å². The number of nitroso groups, excluding NO2 is 1. The van der Waals surface area contributed by atoms with Crippen molar-refractivity contribution in [2.24, 2.45) is 0 Å². The minimum Gasteiger partial charge on any atom is -0.577 e. The van der Waals surface area contributed by atoms with Crippen molar-refractivity contribution < 1.29 is 120 Å². The largest absolute Gasteiger partial charge is 4.00 e. The minimum atomic E-state index is 0. The van der Waals surface area contributed by atoms with Gasteiger partial charge in [0.1, 0.15) is 0 Å². The van der Waals surface area contributed by atoms with E-state index in [-0.39, 0.29) is 120 Å². The quantitative estimate of drug-likeness (QED) is 0.321. The summed E-state index contributed by atoms with van der Waals surface area (Å²) in [4.78, 5) is 7.25. The van der Waals surface area contributed by atoms with E-state index in [0.29, 0.717) is 0 Å². The van der Waals surface area contributed by atoms with Crippen molar-refractivity contribution in [1.82, 2.24) is 0 Å². The van der Waals surface area contributed by atoms with Gasteiger partial charge in [-0.3, -0.25) is 0 Å². The third-order valence-corrected chi connectivity index (χ3v) is 0. The number of hydrogen-bond donors (Lipinski definition) is 0. The molecule has 0 saturated carbocycles. The summed E-state index contributed by atoms with van der Waals surface area (Å²) in [5, 5.41) is 31.2. The van der Waals surface area contributed by atoms with Crippen molar-refractivity contribution in [3.05, 3.63) is 43.4 Å². The zero-order valence-corrected chi connectivity index (χ0v) is 15.3. The first-order chi connectivity index (χ1) is 6.00. The summed E-state index contributed by atoms with van der Waals surface area (Å²) < 4.78 is 0. The van der Waals surface area contributed by atoms with Gasteiger partial charge in [0.15, 0.2) is 0 Å². The number of rotatable bonds is 0. The summed E-state index contributed by atoms with van der Waals surface area (Å²) in [6, 6.07) is 0. The van der Waals surface area contributed by atoms with Gasteiger partial charge < -0.3 is 69.7 Å². The molecule has 0 aliphatic carbocycles. The second-order valence-electron chi connectivity index (χ2n) is 0. The molecule has 0 rings (SSSR count). The molecule has 0 heterocycles. The third kappa shape index (κ3) is 3450. The van der Waals surface area contributed by atoms with Crippen LogP contribution >= 0.6 is 0 Å². The number of nitrogens with zero attached hydrogens (tertiary/aromatic N) is 6. The maximum Gasteiger partial charge on any atom is 4.00 e. The topological polar surface area (TPSA) is 158 Å². The fraction of sp³-hybridized carbons (Fsp3) is 0. The van der Waals surface area contributed by atoms with Crippen LogP contribution in [0.15, 0.2) is 0 Å². The number of hydrogen-bond acceptors (Lipinski definition) is 6. The van der Waals surface area contributed by atoms with Gasteiger partial charge in [-0.2, -0.15) is 0 Å². The monoisotopic (exact) mass is 294 g/mol. The maximum absolute atomic E-state index is 7.25. The molecule has 0 atom stereocenters. The first kappa shape index (κ1) is 74.5. The zero-order chi connectivity index (χ0) is 12.0. The average Bonchev–Trinajstić information content (AvgIpc) is 2.33. The first-order valence-corrected chi connectivity index (χ1v) is 1.30. The van der Waals surface area contributed by atoms with E-state index in [4.69, 9.17) is 69.7 Å². The van der Waals surface area contributed by atoms with Gasteiger partial charge in [0.2, 0.25) is 0 Å². The van der Waals surface area contributed by atoms with E-state index >= 15 is 0 Å². The van der Waals surface area contributed by atoms with E-state index in [1.54, 1.807) is 0 Å².